The largest absolute Gasteiger partial charge is 0.345 e. The first-order valence-corrected chi connectivity index (χ1v) is 6.25. The van der Waals surface area contributed by atoms with Crippen LogP contribution in [0.1, 0.15) is 17.9 Å². The van der Waals surface area contributed by atoms with Crippen molar-refractivity contribution in [2.75, 3.05) is 26.7 Å². The molecule has 3 rings (SSSR count). The maximum Gasteiger partial charge on any atom is 0.230 e. The monoisotopic (exact) mass is 230 g/mol. The third-order valence-electron chi connectivity index (χ3n) is 4.29. The van der Waals surface area contributed by atoms with Crippen molar-refractivity contribution in [3.8, 4) is 0 Å². The summed E-state index contributed by atoms with van der Waals surface area (Å²) in [6, 6.07) is 10.5. The summed E-state index contributed by atoms with van der Waals surface area (Å²) < 4.78 is 0. The first-order valence-electron chi connectivity index (χ1n) is 6.25. The van der Waals surface area contributed by atoms with Gasteiger partial charge in [-0.15, -0.1) is 0 Å². The molecule has 2 fully saturated rings. The van der Waals surface area contributed by atoms with Crippen LogP contribution in [-0.4, -0.2) is 37.5 Å². The van der Waals surface area contributed by atoms with E-state index < -0.39 is 0 Å². The molecule has 0 aromatic heterocycles. The highest BCUT2D eigenvalue weighted by Gasteiger charge is 2.54. The number of nitrogens with one attached hydrogen (secondary N) is 1. The molecule has 1 amide bonds. The maximum absolute atomic E-state index is 12.4. The van der Waals surface area contributed by atoms with Crippen molar-refractivity contribution in [1.29, 1.82) is 0 Å². The van der Waals surface area contributed by atoms with E-state index in [0.717, 1.165) is 26.1 Å². The summed E-state index contributed by atoms with van der Waals surface area (Å²) in [5, 5.41) is 3.36. The van der Waals surface area contributed by atoms with Crippen LogP contribution in [-0.2, 0) is 4.79 Å². The van der Waals surface area contributed by atoms with Crippen LogP contribution in [0.15, 0.2) is 30.3 Å². The quantitative estimate of drug-likeness (QED) is 0.787. The van der Waals surface area contributed by atoms with Gasteiger partial charge in [0.15, 0.2) is 0 Å². The van der Waals surface area contributed by atoms with Gasteiger partial charge in [-0.05, 0) is 18.5 Å². The summed E-state index contributed by atoms with van der Waals surface area (Å²) >= 11 is 0. The minimum Gasteiger partial charge on any atom is -0.345 e. The second-order valence-corrected chi connectivity index (χ2v) is 5.23. The summed E-state index contributed by atoms with van der Waals surface area (Å²) in [5.41, 5.74) is 1.12. The van der Waals surface area contributed by atoms with Crippen molar-refractivity contribution >= 4 is 5.91 Å². The van der Waals surface area contributed by atoms with E-state index in [0.29, 0.717) is 11.8 Å². The second-order valence-electron chi connectivity index (χ2n) is 5.23. The molecular weight excluding hydrogens is 212 g/mol. The number of hydrogen-bond acceptors (Lipinski definition) is 2. The number of carbonyl (C=O) groups excluding carboxylic acids is 1. The Morgan fingerprint density at radius 2 is 2.12 bits per heavy atom. The van der Waals surface area contributed by atoms with Crippen molar-refractivity contribution in [3.63, 3.8) is 0 Å². The number of benzene rings is 1. The smallest absolute Gasteiger partial charge is 0.230 e. The van der Waals surface area contributed by atoms with Gasteiger partial charge in [-0.3, -0.25) is 4.79 Å². The lowest BCUT2D eigenvalue weighted by molar-refractivity contribution is -0.134. The average molecular weight is 230 g/mol. The topological polar surface area (TPSA) is 32.3 Å². The molecule has 1 N–H and O–H groups in total. The van der Waals surface area contributed by atoms with Gasteiger partial charge in [-0.1, -0.05) is 30.3 Å². The van der Waals surface area contributed by atoms with Crippen LogP contribution in [0.4, 0.5) is 0 Å². The number of likely N-dealkylation sites (N-methyl/N-ethyl adjacent to an activating group) is 1. The Kier molecular flexibility index (Phi) is 2.44. The van der Waals surface area contributed by atoms with Gasteiger partial charge in [-0.25, -0.2) is 0 Å². The Balaban J connectivity index is 2.01. The molecule has 2 atom stereocenters. The zero-order chi connectivity index (χ0) is 11.9. The molecule has 90 valence electrons. The lowest BCUT2D eigenvalue weighted by Gasteiger charge is -2.27. The highest BCUT2D eigenvalue weighted by atomic mass is 16.2. The van der Waals surface area contributed by atoms with E-state index in [1.165, 1.54) is 5.56 Å². The van der Waals surface area contributed by atoms with Gasteiger partial charge >= 0.3 is 0 Å². The van der Waals surface area contributed by atoms with Crippen molar-refractivity contribution in [1.82, 2.24) is 10.2 Å². The van der Waals surface area contributed by atoms with Crippen LogP contribution in [0.3, 0.4) is 0 Å². The van der Waals surface area contributed by atoms with E-state index in [4.69, 9.17) is 0 Å². The Labute approximate surface area is 102 Å². The van der Waals surface area contributed by atoms with Gasteiger partial charge in [0.1, 0.15) is 0 Å². The van der Waals surface area contributed by atoms with Crippen molar-refractivity contribution in [3.05, 3.63) is 35.9 Å². The zero-order valence-corrected chi connectivity index (χ0v) is 10.1. The number of nitrogens with zero attached hydrogens (tertiary/aromatic N) is 1. The Morgan fingerprint density at radius 3 is 2.76 bits per heavy atom. The van der Waals surface area contributed by atoms with Gasteiger partial charge in [0.2, 0.25) is 5.91 Å². The minimum atomic E-state index is -0.184. The fraction of sp³-hybridized carbons (Fsp3) is 0.500. The Morgan fingerprint density at radius 1 is 1.35 bits per heavy atom. The van der Waals surface area contributed by atoms with Gasteiger partial charge < -0.3 is 10.2 Å². The van der Waals surface area contributed by atoms with E-state index in [1.807, 2.05) is 18.0 Å². The van der Waals surface area contributed by atoms with Crippen molar-refractivity contribution in [2.24, 2.45) is 5.41 Å². The summed E-state index contributed by atoms with van der Waals surface area (Å²) in [7, 11) is 1.92. The van der Waals surface area contributed by atoms with E-state index in [2.05, 4.69) is 29.6 Å². The molecule has 3 nitrogen and oxygen atoms in total. The fourth-order valence-corrected chi connectivity index (χ4v) is 3.36. The highest BCUT2D eigenvalue weighted by Crippen LogP contribution is 2.47. The number of amides is 1. The molecule has 0 radical (unpaired) electrons. The van der Waals surface area contributed by atoms with Crippen LogP contribution in [0.25, 0.3) is 0 Å². The molecule has 2 aliphatic rings. The number of hydrogen-bond donors (Lipinski definition) is 1. The fourth-order valence-electron chi connectivity index (χ4n) is 3.36. The van der Waals surface area contributed by atoms with Gasteiger partial charge in [0.25, 0.3) is 0 Å². The molecule has 1 aromatic rings. The van der Waals surface area contributed by atoms with Gasteiger partial charge in [0, 0.05) is 26.1 Å². The molecule has 3 heteroatoms. The number of likely N-dealkylation sites (tertiary alicyclic amines) is 1. The van der Waals surface area contributed by atoms with Gasteiger partial charge in [0.05, 0.1) is 5.41 Å². The molecule has 0 saturated carbocycles. The SMILES string of the molecule is CN1CC(c2ccccc2)C2(CCNC2)C1=O. The highest BCUT2D eigenvalue weighted by molar-refractivity contribution is 5.87. The normalized spacial score (nSPS) is 32.6. The van der Waals surface area contributed by atoms with Crippen LogP contribution < -0.4 is 5.32 Å². The third kappa shape index (κ3) is 1.49. The van der Waals surface area contributed by atoms with E-state index in [9.17, 15) is 4.79 Å². The summed E-state index contributed by atoms with van der Waals surface area (Å²) in [6.45, 7) is 2.64. The number of carbonyl (C=O) groups is 1. The summed E-state index contributed by atoms with van der Waals surface area (Å²) in [4.78, 5) is 14.3. The molecule has 2 unspecified atom stereocenters. The Bertz CT molecular complexity index is 423. The first kappa shape index (κ1) is 10.8. The molecular formula is C14H18N2O. The third-order valence-corrected chi connectivity index (χ3v) is 4.29. The van der Waals surface area contributed by atoms with E-state index in [1.54, 1.807) is 0 Å². The second kappa shape index (κ2) is 3.84. The standard InChI is InChI=1S/C14H18N2O/c1-16-9-12(11-5-3-2-4-6-11)14(13(16)17)7-8-15-10-14/h2-6,12,15H,7-10H2,1H3. The summed E-state index contributed by atoms with van der Waals surface area (Å²) in [5.74, 6) is 0.660. The lowest BCUT2D eigenvalue weighted by Crippen LogP contribution is -2.36. The zero-order valence-electron chi connectivity index (χ0n) is 10.1. The van der Waals surface area contributed by atoms with E-state index in [-0.39, 0.29) is 5.41 Å². The van der Waals surface area contributed by atoms with Crippen molar-refractivity contribution in [2.45, 2.75) is 12.3 Å². The molecule has 2 saturated heterocycles. The molecule has 2 aliphatic heterocycles. The van der Waals surface area contributed by atoms with Crippen LogP contribution >= 0.6 is 0 Å². The molecule has 2 heterocycles. The Hall–Kier alpha value is -1.35. The molecule has 17 heavy (non-hydrogen) atoms. The van der Waals surface area contributed by atoms with Crippen LogP contribution in [0, 0.1) is 5.41 Å². The lowest BCUT2D eigenvalue weighted by atomic mass is 9.73. The minimum absolute atomic E-state index is 0.184. The van der Waals surface area contributed by atoms with E-state index >= 15 is 0 Å². The number of rotatable bonds is 1. The predicted molar refractivity (Wildman–Crippen MR) is 66.7 cm³/mol. The maximum atomic E-state index is 12.4. The predicted octanol–water partition coefficient (Wildman–Crippen LogP) is 1.22. The molecule has 1 aromatic carbocycles. The summed E-state index contributed by atoms with van der Waals surface area (Å²) in [6.07, 6.45) is 0.968. The molecule has 0 bridgehead atoms. The van der Waals surface area contributed by atoms with Crippen LogP contribution in [0.2, 0.25) is 0 Å². The van der Waals surface area contributed by atoms with Crippen LogP contribution in [0.5, 0.6) is 0 Å². The van der Waals surface area contributed by atoms with Gasteiger partial charge in [-0.2, -0.15) is 0 Å². The average Bonchev–Trinajstić information content (AvgIpc) is 2.93. The van der Waals surface area contributed by atoms with Crippen molar-refractivity contribution < 1.29 is 4.79 Å². The molecule has 1 spiro atoms. The molecule has 0 aliphatic carbocycles. The first-order chi connectivity index (χ1) is 8.24.